The van der Waals surface area contributed by atoms with Crippen LogP contribution in [0.25, 0.3) is 11.4 Å². The smallest absolute Gasteiger partial charge is 0.199 e. The molecule has 0 fully saturated rings. The van der Waals surface area contributed by atoms with E-state index in [1.165, 1.54) is 17.0 Å². The molecule has 26 heavy (non-hydrogen) atoms. The average molecular weight is 409 g/mol. The lowest BCUT2D eigenvalue weighted by Gasteiger charge is -2.15. The van der Waals surface area contributed by atoms with Crippen molar-refractivity contribution in [3.8, 4) is 11.4 Å². The summed E-state index contributed by atoms with van der Waals surface area (Å²) in [6.07, 6.45) is 1.77. The summed E-state index contributed by atoms with van der Waals surface area (Å²) in [5.74, 6) is 0.416. The molecule has 1 aromatic carbocycles. The molecule has 2 heterocycles. The lowest BCUT2D eigenvalue weighted by molar-refractivity contribution is 0.246. The Hall–Kier alpha value is -1.80. The molecule has 0 aliphatic carbocycles. The molecule has 0 aliphatic rings. The normalized spacial score (nSPS) is 11.2. The van der Waals surface area contributed by atoms with Crippen molar-refractivity contribution < 1.29 is 4.39 Å². The van der Waals surface area contributed by atoms with E-state index in [2.05, 4.69) is 16.6 Å². The van der Waals surface area contributed by atoms with Crippen molar-refractivity contribution in [1.82, 2.24) is 19.2 Å². The third-order valence-corrected chi connectivity index (χ3v) is 5.41. The van der Waals surface area contributed by atoms with Crippen LogP contribution in [-0.4, -0.2) is 26.3 Å². The van der Waals surface area contributed by atoms with Gasteiger partial charge in [0.1, 0.15) is 5.82 Å². The van der Waals surface area contributed by atoms with Gasteiger partial charge in [0.15, 0.2) is 10.6 Å². The lowest BCUT2D eigenvalue weighted by atomic mass is 10.2. The Morgan fingerprint density at radius 3 is 2.65 bits per heavy atom. The molecule has 2 aromatic heterocycles. The van der Waals surface area contributed by atoms with Crippen LogP contribution in [0, 0.1) is 10.6 Å². The summed E-state index contributed by atoms with van der Waals surface area (Å²) >= 11 is 13.1. The number of allylic oxidation sites excluding steroid dienone is 1. The topological polar surface area (TPSA) is 26.0 Å². The van der Waals surface area contributed by atoms with Crippen LogP contribution in [0.4, 0.5) is 4.39 Å². The number of hydrogen-bond acceptors (Lipinski definition) is 4. The zero-order chi connectivity index (χ0) is 18.7. The first-order valence-electron chi connectivity index (χ1n) is 7.95. The minimum absolute atomic E-state index is 0.281. The van der Waals surface area contributed by atoms with Crippen molar-refractivity contribution in [2.24, 2.45) is 0 Å². The van der Waals surface area contributed by atoms with Gasteiger partial charge in [-0.1, -0.05) is 17.7 Å². The molecule has 8 heteroatoms. The fourth-order valence-electron chi connectivity index (χ4n) is 2.62. The maximum Gasteiger partial charge on any atom is 0.199 e. The molecule has 136 valence electrons. The first kappa shape index (κ1) is 19.0. The molecule has 0 atom stereocenters. The molecule has 0 amide bonds. The minimum atomic E-state index is -0.281. The van der Waals surface area contributed by atoms with E-state index in [-0.39, 0.29) is 5.82 Å². The van der Waals surface area contributed by atoms with Crippen LogP contribution in [0.3, 0.4) is 0 Å². The van der Waals surface area contributed by atoms with Gasteiger partial charge in [-0.25, -0.2) is 9.07 Å². The van der Waals surface area contributed by atoms with E-state index in [1.807, 2.05) is 23.7 Å². The summed E-state index contributed by atoms with van der Waals surface area (Å²) in [4.78, 5) is 3.28. The Bertz CT molecular complexity index is 958. The van der Waals surface area contributed by atoms with Crippen molar-refractivity contribution in [1.29, 1.82) is 0 Å². The molecule has 0 spiro atoms. The summed E-state index contributed by atoms with van der Waals surface area (Å²) in [7, 11) is 2.00. The number of hydrogen-bond donors (Lipinski definition) is 0. The van der Waals surface area contributed by atoms with E-state index in [4.69, 9.17) is 23.8 Å². The fourth-order valence-corrected chi connectivity index (χ4v) is 4.05. The molecule has 0 N–H and O–H groups in total. The van der Waals surface area contributed by atoms with E-state index < -0.39 is 0 Å². The van der Waals surface area contributed by atoms with Crippen molar-refractivity contribution in [2.75, 3.05) is 7.05 Å². The van der Waals surface area contributed by atoms with Gasteiger partial charge >= 0.3 is 0 Å². The largest absolute Gasteiger partial charge is 0.296 e. The zero-order valence-electron chi connectivity index (χ0n) is 14.2. The molecule has 0 aliphatic heterocycles. The number of benzene rings is 1. The SMILES string of the molecule is C=CCn1c(-c2ccc(F)cc2)nn(CN(C)Cc2ccc(Cl)s2)c1=S. The molecule has 0 saturated carbocycles. The molecule has 3 aromatic rings. The number of aromatic nitrogens is 3. The zero-order valence-corrected chi connectivity index (χ0v) is 16.6. The Kier molecular flexibility index (Phi) is 6.03. The van der Waals surface area contributed by atoms with Crippen molar-refractivity contribution in [2.45, 2.75) is 19.8 Å². The lowest BCUT2D eigenvalue weighted by Crippen LogP contribution is -2.22. The summed E-state index contributed by atoms with van der Waals surface area (Å²) in [5, 5.41) is 4.66. The molecule has 4 nitrogen and oxygen atoms in total. The van der Waals surface area contributed by atoms with Crippen LogP contribution in [0.15, 0.2) is 49.1 Å². The third kappa shape index (κ3) is 4.29. The van der Waals surface area contributed by atoms with Crippen molar-refractivity contribution in [3.05, 3.63) is 68.9 Å². The molecular weight excluding hydrogens is 391 g/mol. The maximum atomic E-state index is 13.2. The molecule has 0 bridgehead atoms. The quantitative estimate of drug-likeness (QED) is 0.396. The van der Waals surface area contributed by atoms with Gasteiger partial charge in [-0.05, 0) is 55.7 Å². The molecular formula is C18H18ClFN4S2. The van der Waals surface area contributed by atoms with E-state index in [0.29, 0.717) is 23.8 Å². The van der Waals surface area contributed by atoms with Gasteiger partial charge < -0.3 is 0 Å². The third-order valence-electron chi connectivity index (χ3n) is 3.77. The van der Waals surface area contributed by atoms with Gasteiger partial charge in [-0.2, -0.15) is 5.10 Å². The number of nitrogens with zero attached hydrogens (tertiary/aromatic N) is 4. The first-order valence-corrected chi connectivity index (χ1v) is 9.55. The summed E-state index contributed by atoms with van der Waals surface area (Å²) in [6.45, 7) is 5.61. The molecule has 3 rings (SSSR count). The van der Waals surface area contributed by atoms with Crippen molar-refractivity contribution >= 4 is 35.2 Å². The van der Waals surface area contributed by atoms with Gasteiger partial charge in [-0.3, -0.25) is 9.47 Å². The summed E-state index contributed by atoms with van der Waals surface area (Å²) < 4.78 is 18.3. The fraction of sp³-hybridized carbons (Fsp3) is 0.222. The minimum Gasteiger partial charge on any atom is -0.296 e. The predicted molar refractivity (Wildman–Crippen MR) is 107 cm³/mol. The first-order chi connectivity index (χ1) is 12.5. The van der Waals surface area contributed by atoms with Crippen LogP contribution >= 0.6 is 35.2 Å². The van der Waals surface area contributed by atoms with Crippen LogP contribution in [0.2, 0.25) is 4.34 Å². The van der Waals surface area contributed by atoms with E-state index in [9.17, 15) is 4.39 Å². The summed E-state index contributed by atoms with van der Waals surface area (Å²) in [5.41, 5.74) is 0.811. The van der Waals surface area contributed by atoms with Gasteiger partial charge in [-0.15, -0.1) is 17.9 Å². The number of halogens is 2. The van der Waals surface area contributed by atoms with Crippen LogP contribution in [0.5, 0.6) is 0 Å². The van der Waals surface area contributed by atoms with Crippen LogP contribution in [-0.2, 0) is 19.8 Å². The highest BCUT2D eigenvalue weighted by molar-refractivity contribution is 7.71. The molecule has 0 unspecified atom stereocenters. The van der Waals surface area contributed by atoms with Gasteiger partial charge in [0.2, 0.25) is 0 Å². The van der Waals surface area contributed by atoms with Gasteiger partial charge in [0.25, 0.3) is 0 Å². The number of rotatable bonds is 7. The maximum absolute atomic E-state index is 13.2. The highest BCUT2D eigenvalue weighted by Gasteiger charge is 2.14. The highest BCUT2D eigenvalue weighted by Crippen LogP contribution is 2.23. The van der Waals surface area contributed by atoms with E-state index >= 15 is 0 Å². The summed E-state index contributed by atoms with van der Waals surface area (Å²) in [6, 6.07) is 10.2. The van der Waals surface area contributed by atoms with E-state index in [1.54, 1.807) is 34.2 Å². The van der Waals surface area contributed by atoms with Crippen LogP contribution < -0.4 is 0 Å². The molecule has 0 radical (unpaired) electrons. The van der Waals surface area contributed by atoms with Gasteiger partial charge in [0, 0.05) is 23.5 Å². The number of thiophene rings is 1. The Labute approximate surface area is 165 Å². The second-order valence-electron chi connectivity index (χ2n) is 5.87. The average Bonchev–Trinajstić information content (AvgIpc) is 3.14. The monoisotopic (exact) mass is 408 g/mol. The van der Waals surface area contributed by atoms with Crippen molar-refractivity contribution in [3.63, 3.8) is 0 Å². The Morgan fingerprint density at radius 1 is 1.31 bits per heavy atom. The second-order valence-corrected chi connectivity index (χ2v) is 8.04. The van der Waals surface area contributed by atoms with E-state index in [0.717, 1.165) is 16.4 Å². The standard InChI is InChI=1S/C18H18ClFN4S2/c1-3-10-23-17(13-4-6-14(20)7-5-13)21-24(18(23)25)12-22(2)11-15-8-9-16(19)26-15/h3-9H,1,10-12H2,2H3. The second kappa shape index (κ2) is 8.26. The predicted octanol–water partition coefficient (Wildman–Crippen LogP) is 5.21. The highest BCUT2D eigenvalue weighted by atomic mass is 35.5. The van der Waals surface area contributed by atoms with Gasteiger partial charge in [0.05, 0.1) is 11.0 Å². The molecule has 0 saturated heterocycles. The Balaban J connectivity index is 1.87. The Morgan fingerprint density at radius 2 is 2.04 bits per heavy atom. The van der Waals surface area contributed by atoms with Crippen LogP contribution in [0.1, 0.15) is 4.88 Å².